The summed E-state index contributed by atoms with van der Waals surface area (Å²) in [6.45, 7) is 5.83. The maximum atomic E-state index is 5.97. The van der Waals surface area contributed by atoms with Crippen LogP contribution in [0.1, 0.15) is 32.1 Å². The number of nitrogens with zero attached hydrogens (tertiary/aromatic N) is 2. The van der Waals surface area contributed by atoms with Crippen LogP contribution < -0.4 is 20.1 Å². The van der Waals surface area contributed by atoms with Crippen LogP contribution in [0.15, 0.2) is 29.3 Å². The van der Waals surface area contributed by atoms with Gasteiger partial charge in [0.25, 0.3) is 0 Å². The fourth-order valence-corrected chi connectivity index (χ4v) is 3.46. The molecule has 0 amide bonds. The normalized spacial score (nSPS) is 20.3. The fraction of sp³-hybridized carbons (Fsp3) is 0.650. The summed E-state index contributed by atoms with van der Waals surface area (Å²) in [7, 11) is 1.80. The Morgan fingerprint density at radius 3 is 2.59 bits per heavy atom. The van der Waals surface area contributed by atoms with Gasteiger partial charge in [-0.3, -0.25) is 4.99 Å². The number of fused-ring (bicyclic) bond motifs is 1. The van der Waals surface area contributed by atoms with E-state index in [9.17, 15) is 0 Å². The van der Waals surface area contributed by atoms with Gasteiger partial charge in [-0.2, -0.15) is 0 Å². The van der Waals surface area contributed by atoms with Crippen LogP contribution in [0.4, 0.5) is 0 Å². The molecule has 0 spiro atoms. The molecule has 152 valence electrons. The van der Waals surface area contributed by atoms with Crippen LogP contribution in [-0.4, -0.2) is 63.3 Å². The van der Waals surface area contributed by atoms with Crippen molar-refractivity contribution in [2.45, 2.75) is 38.2 Å². The molecule has 3 rings (SSSR count). The second-order valence-electron chi connectivity index (χ2n) is 6.99. The van der Waals surface area contributed by atoms with E-state index in [1.165, 1.54) is 45.3 Å². The summed E-state index contributed by atoms with van der Waals surface area (Å²) >= 11 is 0. The lowest BCUT2D eigenvalue weighted by Gasteiger charge is -2.27. The molecule has 7 heteroatoms. The highest BCUT2D eigenvalue weighted by Crippen LogP contribution is 2.30. The SMILES string of the molecule is CN=C(NCCCN1CCCCCC1)NCC1COc2ccccc2O1.I. The molecular weight excluding hydrogens is 455 g/mol. The van der Waals surface area contributed by atoms with Gasteiger partial charge in [0.1, 0.15) is 12.7 Å². The molecule has 0 aromatic heterocycles. The van der Waals surface area contributed by atoms with E-state index in [1.807, 2.05) is 24.3 Å². The number of ether oxygens (including phenoxy) is 2. The summed E-state index contributed by atoms with van der Waals surface area (Å²) in [4.78, 5) is 6.89. The predicted molar refractivity (Wildman–Crippen MR) is 121 cm³/mol. The van der Waals surface area contributed by atoms with Crippen molar-refractivity contribution < 1.29 is 9.47 Å². The monoisotopic (exact) mass is 488 g/mol. The van der Waals surface area contributed by atoms with Crippen LogP contribution >= 0.6 is 24.0 Å². The lowest BCUT2D eigenvalue weighted by Crippen LogP contribution is -2.45. The highest BCUT2D eigenvalue weighted by Gasteiger charge is 2.20. The van der Waals surface area contributed by atoms with Crippen LogP contribution in [0.3, 0.4) is 0 Å². The number of benzene rings is 1. The molecule has 2 N–H and O–H groups in total. The van der Waals surface area contributed by atoms with E-state index in [4.69, 9.17) is 9.47 Å². The quantitative estimate of drug-likeness (QED) is 0.279. The molecule has 27 heavy (non-hydrogen) atoms. The molecule has 0 bridgehead atoms. The van der Waals surface area contributed by atoms with Gasteiger partial charge in [-0.25, -0.2) is 0 Å². The van der Waals surface area contributed by atoms with Crippen molar-refractivity contribution in [2.75, 3.05) is 46.4 Å². The summed E-state index contributed by atoms with van der Waals surface area (Å²) in [5.74, 6) is 2.45. The number of para-hydroxylation sites is 2. The average molecular weight is 488 g/mol. The minimum Gasteiger partial charge on any atom is -0.486 e. The largest absolute Gasteiger partial charge is 0.486 e. The fourth-order valence-electron chi connectivity index (χ4n) is 3.46. The summed E-state index contributed by atoms with van der Waals surface area (Å²) in [5.41, 5.74) is 0. The number of halogens is 1. The summed E-state index contributed by atoms with van der Waals surface area (Å²) in [6, 6.07) is 7.79. The van der Waals surface area contributed by atoms with E-state index < -0.39 is 0 Å². The average Bonchev–Trinajstić information content (AvgIpc) is 2.96. The highest BCUT2D eigenvalue weighted by atomic mass is 127. The van der Waals surface area contributed by atoms with E-state index in [2.05, 4.69) is 20.5 Å². The third-order valence-electron chi connectivity index (χ3n) is 4.93. The second kappa shape index (κ2) is 12.3. The van der Waals surface area contributed by atoms with E-state index in [1.54, 1.807) is 7.05 Å². The van der Waals surface area contributed by atoms with E-state index in [-0.39, 0.29) is 30.1 Å². The number of guanidine groups is 1. The Morgan fingerprint density at radius 1 is 1.11 bits per heavy atom. The minimum absolute atomic E-state index is 0. The molecule has 2 aliphatic heterocycles. The Bertz CT molecular complexity index is 577. The highest BCUT2D eigenvalue weighted by molar-refractivity contribution is 14.0. The number of nitrogens with one attached hydrogen (secondary N) is 2. The smallest absolute Gasteiger partial charge is 0.191 e. The molecule has 2 heterocycles. The van der Waals surface area contributed by atoms with Crippen molar-refractivity contribution in [2.24, 2.45) is 4.99 Å². The van der Waals surface area contributed by atoms with Gasteiger partial charge in [0.05, 0.1) is 6.54 Å². The molecule has 0 saturated carbocycles. The Morgan fingerprint density at radius 2 is 1.85 bits per heavy atom. The van der Waals surface area contributed by atoms with Crippen LogP contribution in [-0.2, 0) is 0 Å². The first-order chi connectivity index (χ1) is 12.8. The Labute approximate surface area is 180 Å². The first kappa shape index (κ1) is 22.1. The van der Waals surface area contributed by atoms with E-state index >= 15 is 0 Å². The molecule has 6 nitrogen and oxygen atoms in total. The maximum Gasteiger partial charge on any atom is 0.191 e. The molecule has 1 fully saturated rings. The van der Waals surface area contributed by atoms with Gasteiger partial charge in [0.15, 0.2) is 17.5 Å². The number of hydrogen-bond donors (Lipinski definition) is 2. The lowest BCUT2D eigenvalue weighted by atomic mass is 10.2. The summed E-state index contributed by atoms with van der Waals surface area (Å²) in [6.07, 6.45) is 6.61. The molecule has 2 aliphatic rings. The lowest BCUT2D eigenvalue weighted by molar-refractivity contribution is 0.0936. The number of rotatable bonds is 6. The van der Waals surface area contributed by atoms with Crippen molar-refractivity contribution in [3.63, 3.8) is 0 Å². The van der Waals surface area contributed by atoms with Crippen molar-refractivity contribution >= 4 is 29.9 Å². The van der Waals surface area contributed by atoms with Crippen molar-refractivity contribution in [1.29, 1.82) is 0 Å². The number of hydrogen-bond acceptors (Lipinski definition) is 4. The molecule has 1 aromatic rings. The standard InChI is InChI=1S/C20H32N4O2.HI/c1-21-20(22-11-8-14-24-12-6-2-3-7-13-24)23-15-17-16-25-18-9-4-5-10-19(18)26-17;/h4-5,9-10,17H,2-3,6-8,11-16H2,1H3,(H2,21,22,23);1H. The molecule has 1 aromatic carbocycles. The topological polar surface area (TPSA) is 58.1 Å². The van der Waals surface area contributed by atoms with Gasteiger partial charge in [0.2, 0.25) is 0 Å². The van der Waals surface area contributed by atoms with Crippen LogP contribution in [0.2, 0.25) is 0 Å². The summed E-state index contributed by atoms with van der Waals surface area (Å²) in [5, 5.41) is 6.74. The number of likely N-dealkylation sites (tertiary alicyclic amines) is 1. The van der Waals surface area contributed by atoms with Gasteiger partial charge in [-0.1, -0.05) is 25.0 Å². The number of aliphatic imine (C=N–C) groups is 1. The second-order valence-corrected chi connectivity index (χ2v) is 6.99. The Balaban J connectivity index is 0.00000261. The van der Waals surface area contributed by atoms with Gasteiger partial charge < -0.3 is 25.0 Å². The third-order valence-corrected chi connectivity index (χ3v) is 4.93. The zero-order valence-electron chi connectivity index (χ0n) is 16.3. The Kier molecular flexibility index (Phi) is 10.0. The zero-order valence-corrected chi connectivity index (χ0v) is 18.6. The van der Waals surface area contributed by atoms with Crippen LogP contribution in [0.25, 0.3) is 0 Å². The maximum absolute atomic E-state index is 5.97. The van der Waals surface area contributed by atoms with Gasteiger partial charge >= 0.3 is 0 Å². The molecule has 1 atom stereocenters. The first-order valence-electron chi connectivity index (χ1n) is 9.90. The van der Waals surface area contributed by atoms with Gasteiger partial charge in [0, 0.05) is 13.6 Å². The molecular formula is C20H33IN4O2. The molecule has 1 unspecified atom stereocenters. The van der Waals surface area contributed by atoms with Crippen molar-refractivity contribution in [3.8, 4) is 11.5 Å². The van der Waals surface area contributed by atoms with E-state index in [0.29, 0.717) is 13.2 Å². The van der Waals surface area contributed by atoms with Gasteiger partial charge in [-0.15, -0.1) is 24.0 Å². The van der Waals surface area contributed by atoms with Crippen LogP contribution in [0.5, 0.6) is 11.5 Å². The molecule has 0 aliphatic carbocycles. The van der Waals surface area contributed by atoms with Crippen molar-refractivity contribution in [3.05, 3.63) is 24.3 Å². The molecule has 1 saturated heterocycles. The Hall–Kier alpha value is -1.22. The van der Waals surface area contributed by atoms with Gasteiger partial charge in [-0.05, 0) is 51.0 Å². The van der Waals surface area contributed by atoms with Crippen LogP contribution in [0, 0.1) is 0 Å². The predicted octanol–water partition coefficient (Wildman–Crippen LogP) is 2.88. The molecule has 0 radical (unpaired) electrons. The first-order valence-corrected chi connectivity index (χ1v) is 9.90. The zero-order chi connectivity index (χ0) is 18.0. The van der Waals surface area contributed by atoms with Crippen molar-refractivity contribution in [1.82, 2.24) is 15.5 Å². The third kappa shape index (κ3) is 7.37. The van der Waals surface area contributed by atoms with E-state index in [0.717, 1.165) is 30.4 Å². The minimum atomic E-state index is -0.0134. The summed E-state index contributed by atoms with van der Waals surface area (Å²) < 4.78 is 11.7.